The highest BCUT2D eigenvalue weighted by Crippen LogP contribution is 2.31. The summed E-state index contributed by atoms with van der Waals surface area (Å²) in [6.07, 6.45) is 3.59. The van der Waals surface area contributed by atoms with Crippen LogP contribution >= 0.6 is 0 Å². The van der Waals surface area contributed by atoms with E-state index in [1.165, 1.54) is 29.0 Å². The van der Waals surface area contributed by atoms with Gasteiger partial charge in [-0.2, -0.15) is 4.39 Å². The van der Waals surface area contributed by atoms with Gasteiger partial charge in [0.15, 0.2) is 5.65 Å². The Hall–Kier alpha value is -4.53. The quantitative estimate of drug-likeness (QED) is 0.294. The van der Waals surface area contributed by atoms with Crippen molar-refractivity contribution in [1.82, 2.24) is 14.4 Å². The molecule has 9 heteroatoms. The number of aromatic nitrogens is 3. The molecule has 0 amide bonds. The molecule has 0 aliphatic carbocycles. The van der Waals surface area contributed by atoms with Gasteiger partial charge in [0.05, 0.1) is 29.0 Å². The number of rotatable bonds is 6. The Bertz CT molecular complexity index is 1460. The number of furan rings is 1. The van der Waals surface area contributed by atoms with Crippen molar-refractivity contribution in [2.45, 2.75) is 12.8 Å². The van der Waals surface area contributed by atoms with Gasteiger partial charge in [-0.1, -0.05) is 36.4 Å². The second-order valence-electron chi connectivity index (χ2n) is 7.46. The van der Waals surface area contributed by atoms with E-state index in [2.05, 4.69) is 9.97 Å². The largest absolute Gasteiger partial charge is 0.493 e. The van der Waals surface area contributed by atoms with Crippen LogP contribution < -0.4 is 0 Å². The highest BCUT2D eigenvalue weighted by Gasteiger charge is 2.23. The van der Waals surface area contributed by atoms with Crippen LogP contribution in [0.2, 0.25) is 0 Å². The standard InChI is InChI=1S/C24H17FN4O4/c25-22-17(9-4-10-21(22)29(31)32)20-14-28-23(18(26-20)12-15-6-2-1-3-7-15)27-19(24(28)30)13-16-8-5-11-33-16/h1-11,14,30H,12-13H2. The highest BCUT2D eigenvalue weighted by molar-refractivity contribution is 5.66. The fraction of sp³-hybridized carbons (Fsp3) is 0.0833. The van der Waals surface area contributed by atoms with Crippen LogP contribution in [0.15, 0.2) is 77.5 Å². The van der Waals surface area contributed by atoms with Gasteiger partial charge in [0, 0.05) is 24.2 Å². The van der Waals surface area contributed by atoms with Crippen LogP contribution in [0.5, 0.6) is 5.88 Å². The number of hydrogen-bond acceptors (Lipinski definition) is 6. The third kappa shape index (κ3) is 3.80. The maximum atomic E-state index is 14.9. The summed E-state index contributed by atoms with van der Waals surface area (Å²) in [6.45, 7) is 0. The number of nitro groups is 1. The molecule has 0 saturated heterocycles. The molecular weight excluding hydrogens is 427 g/mol. The normalized spacial score (nSPS) is 11.2. The fourth-order valence-corrected chi connectivity index (χ4v) is 3.74. The molecule has 1 N–H and O–H groups in total. The predicted octanol–water partition coefficient (Wildman–Crippen LogP) is 4.92. The molecule has 0 radical (unpaired) electrons. The van der Waals surface area contributed by atoms with E-state index >= 15 is 0 Å². The molecule has 3 aromatic heterocycles. The highest BCUT2D eigenvalue weighted by atomic mass is 19.1. The topological polar surface area (TPSA) is 107 Å². The Morgan fingerprint density at radius 3 is 2.55 bits per heavy atom. The molecule has 2 aromatic carbocycles. The van der Waals surface area contributed by atoms with E-state index < -0.39 is 16.4 Å². The van der Waals surface area contributed by atoms with Crippen molar-refractivity contribution in [2.24, 2.45) is 0 Å². The first-order chi connectivity index (χ1) is 16.0. The van der Waals surface area contributed by atoms with Crippen LogP contribution in [0.3, 0.4) is 0 Å². The molecular formula is C24H17FN4O4. The summed E-state index contributed by atoms with van der Waals surface area (Å²) in [6, 6.07) is 16.9. The number of fused-ring (bicyclic) bond motifs is 1. The average Bonchev–Trinajstić information content (AvgIpc) is 3.43. The van der Waals surface area contributed by atoms with Crippen molar-refractivity contribution in [3.63, 3.8) is 0 Å². The molecule has 0 spiro atoms. The monoisotopic (exact) mass is 444 g/mol. The third-order valence-corrected chi connectivity index (χ3v) is 5.31. The summed E-state index contributed by atoms with van der Waals surface area (Å²) < 4.78 is 21.7. The average molecular weight is 444 g/mol. The van der Waals surface area contributed by atoms with Gasteiger partial charge in [-0.05, 0) is 23.8 Å². The molecule has 0 aliphatic rings. The minimum Gasteiger partial charge on any atom is -0.493 e. The summed E-state index contributed by atoms with van der Waals surface area (Å²) in [5.41, 5.74) is 1.68. The summed E-state index contributed by atoms with van der Waals surface area (Å²) in [4.78, 5) is 19.6. The van der Waals surface area contributed by atoms with Crippen LogP contribution in [0.1, 0.15) is 22.7 Å². The zero-order valence-electron chi connectivity index (χ0n) is 17.2. The number of imidazole rings is 1. The Morgan fingerprint density at radius 1 is 1.00 bits per heavy atom. The van der Waals surface area contributed by atoms with Crippen molar-refractivity contribution in [3.05, 3.63) is 112 Å². The number of aromatic hydroxyl groups is 1. The first kappa shape index (κ1) is 20.4. The van der Waals surface area contributed by atoms with Crippen molar-refractivity contribution >= 4 is 11.3 Å². The van der Waals surface area contributed by atoms with Crippen molar-refractivity contribution in [2.75, 3.05) is 0 Å². The second-order valence-corrected chi connectivity index (χ2v) is 7.46. The molecule has 8 nitrogen and oxygen atoms in total. The lowest BCUT2D eigenvalue weighted by molar-refractivity contribution is -0.387. The Kier molecular flexibility index (Phi) is 5.06. The van der Waals surface area contributed by atoms with E-state index in [0.717, 1.165) is 11.6 Å². The zero-order chi connectivity index (χ0) is 22.9. The van der Waals surface area contributed by atoms with Gasteiger partial charge in [-0.25, -0.2) is 9.97 Å². The molecule has 0 aliphatic heterocycles. The summed E-state index contributed by atoms with van der Waals surface area (Å²) in [5, 5.41) is 22.1. The lowest BCUT2D eigenvalue weighted by Gasteiger charge is -2.09. The lowest BCUT2D eigenvalue weighted by Crippen LogP contribution is -2.02. The van der Waals surface area contributed by atoms with Gasteiger partial charge in [-0.3, -0.25) is 14.5 Å². The summed E-state index contributed by atoms with van der Waals surface area (Å²) in [7, 11) is 0. The Balaban J connectivity index is 1.70. The van der Waals surface area contributed by atoms with Crippen LogP contribution in [-0.4, -0.2) is 24.4 Å². The third-order valence-electron chi connectivity index (χ3n) is 5.31. The molecule has 5 rings (SSSR count). The smallest absolute Gasteiger partial charge is 0.305 e. The van der Waals surface area contributed by atoms with Gasteiger partial charge in [0.2, 0.25) is 11.7 Å². The Labute approximate surface area is 186 Å². The number of hydrogen-bond donors (Lipinski definition) is 1. The van der Waals surface area contributed by atoms with Crippen molar-refractivity contribution in [1.29, 1.82) is 0 Å². The predicted molar refractivity (Wildman–Crippen MR) is 117 cm³/mol. The van der Waals surface area contributed by atoms with E-state index in [1.807, 2.05) is 30.3 Å². The molecule has 0 bridgehead atoms. The van der Waals surface area contributed by atoms with E-state index in [9.17, 15) is 19.6 Å². The van der Waals surface area contributed by atoms with Crippen LogP contribution in [-0.2, 0) is 12.8 Å². The fourth-order valence-electron chi connectivity index (χ4n) is 3.74. The molecule has 3 heterocycles. The summed E-state index contributed by atoms with van der Waals surface area (Å²) in [5.74, 6) is -0.503. The number of halogens is 1. The number of nitro benzene ring substituents is 1. The molecule has 0 atom stereocenters. The number of benzene rings is 2. The van der Waals surface area contributed by atoms with Gasteiger partial charge >= 0.3 is 5.69 Å². The lowest BCUT2D eigenvalue weighted by atomic mass is 10.1. The van der Waals surface area contributed by atoms with Crippen LogP contribution in [0.25, 0.3) is 16.9 Å². The molecule has 0 unspecified atom stereocenters. The molecule has 0 fully saturated rings. The molecule has 164 valence electrons. The first-order valence-corrected chi connectivity index (χ1v) is 10.1. The minimum absolute atomic E-state index is 0.0407. The van der Waals surface area contributed by atoms with Crippen molar-refractivity contribution < 1.29 is 18.8 Å². The minimum atomic E-state index is -0.990. The van der Waals surface area contributed by atoms with E-state index in [4.69, 9.17) is 4.42 Å². The van der Waals surface area contributed by atoms with E-state index in [0.29, 0.717) is 29.2 Å². The summed E-state index contributed by atoms with van der Waals surface area (Å²) >= 11 is 0. The Morgan fingerprint density at radius 2 is 1.82 bits per heavy atom. The van der Waals surface area contributed by atoms with Gasteiger partial charge in [0.1, 0.15) is 11.5 Å². The van der Waals surface area contributed by atoms with E-state index in [-0.39, 0.29) is 23.6 Å². The van der Waals surface area contributed by atoms with Crippen LogP contribution in [0.4, 0.5) is 10.1 Å². The van der Waals surface area contributed by atoms with Gasteiger partial charge in [0.25, 0.3) is 0 Å². The maximum Gasteiger partial charge on any atom is 0.305 e. The maximum absolute atomic E-state index is 14.9. The first-order valence-electron chi connectivity index (χ1n) is 10.1. The van der Waals surface area contributed by atoms with E-state index in [1.54, 1.807) is 12.1 Å². The second kappa shape index (κ2) is 8.19. The molecule has 0 saturated carbocycles. The SMILES string of the molecule is O=[N+]([O-])c1cccc(-c2cn3c(O)c(Cc4ccco4)nc3c(Cc3ccccc3)n2)c1F. The van der Waals surface area contributed by atoms with Gasteiger partial charge in [-0.15, -0.1) is 0 Å². The number of nitrogens with zero attached hydrogens (tertiary/aromatic N) is 4. The van der Waals surface area contributed by atoms with Crippen LogP contribution in [0, 0.1) is 15.9 Å². The molecule has 5 aromatic rings. The van der Waals surface area contributed by atoms with Gasteiger partial charge < -0.3 is 9.52 Å². The zero-order valence-corrected chi connectivity index (χ0v) is 17.2. The van der Waals surface area contributed by atoms with Crippen molar-refractivity contribution in [3.8, 4) is 17.1 Å². The molecule has 33 heavy (non-hydrogen) atoms.